The number of nitrogens with zero attached hydrogens (tertiary/aromatic N) is 2. The number of aromatic nitrogens is 1. The summed E-state index contributed by atoms with van der Waals surface area (Å²) >= 11 is 7.22. The van der Waals surface area contributed by atoms with E-state index in [-0.39, 0.29) is 11.4 Å². The van der Waals surface area contributed by atoms with Crippen molar-refractivity contribution >= 4 is 63.1 Å². The van der Waals surface area contributed by atoms with E-state index in [0.717, 1.165) is 50.7 Å². The summed E-state index contributed by atoms with van der Waals surface area (Å²) in [6.07, 6.45) is 4.57. The molecule has 0 saturated carbocycles. The molecule has 0 spiro atoms. The lowest BCUT2D eigenvalue weighted by atomic mass is 10.1. The van der Waals surface area contributed by atoms with Gasteiger partial charge in [-0.3, -0.25) is 19.3 Å². The Balaban J connectivity index is 1.36. The number of fused-ring (bicyclic) bond motifs is 1. The van der Waals surface area contributed by atoms with Gasteiger partial charge in [-0.05, 0) is 59.7 Å². The number of anilines is 1. The van der Waals surface area contributed by atoms with E-state index in [0.29, 0.717) is 17.3 Å². The van der Waals surface area contributed by atoms with Crippen molar-refractivity contribution < 1.29 is 14.4 Å². The molecule has 8 heteroatoms. The highest BCUT2D eigenvalue weighted by molar-refractivity contribution is 8.18. The average Bonchev–Trinajstić information content (AvgIpc) is 3.37. The van der Waals surface area contributed by atoms with Gasteiger partial charge in [0.15, 0.2) is 0 Å². The zero-order valence-electron chi connectivity index (χ0n) is 20.1. The number of aryl methyl sites for hydroxylation is 1. The minimum Gasteiger partial charge on any atom is -0.342 e. The number of hydrogen-bond acceptors (Lipinski definition) is 4. The van der Waals surface area contributed by atoms with Crippen LogP contribution in [0, 0.1) is 0 Å². The van der Waals surface area contributed by atoms with Gasteiger partial charge in [-0.15, -0.1) is 0 Å². The maximum absolute atomic E-state index is 13.1. The van der Waals surface area contributed by atoms with Gasteiger partial charge in [0, 0.05) is 39.9 Å². The number of nitrogens with one attached hydrogen (secondary N) is 1. The van der Waals surface area contributed by atoms with Crippen LogP contribution in [0.4, 0.5) is 10.5 Å². The van der Waals surface area contributed by atoms with Gasteiger partial charge in [-0.1, -0.05) is 67.1 Å². The van der Waals surface area contributed by atoms with Crippen LogP contribution < -0.4 is 5.32 Å². The van der Waals surface area contributed by atoms with Gasteiger partial charge in [-0.2, -0.15) is 0 Å². The molecule has 5 rings (SSSR count). The fourth-order valence-corrected chi connectivity index (χ4v) is 5.30. The molecule has 0 radical (unpaired) electrons. The van der Waals surface area contributed by atoms with E-state index < -0.39 is 17.1 Å². The number of carbonyl (C=O) groups excluding carboxylic acids is 3. The van der Waals surface area contributed by atoms with Gasteiger partial charge in [-0.25, -0.2) is 0 Å². The molecule has 0 aliphatic carbocycles. The number of carbonyl (C=O) groups is 3. The van der Waals surface area contributed by atoms with E-state index in [2.05, 4.69) is 16.8 Å². The van der Waals surface area contributed by atoms with Crippen LogP contribution in [-0.2, 0) is 22.6 Å². The molecule has 1 aliphatic heterocycles. The third-order valence-electron chi connectivity index (χ3n) is 6.23. The molecule has 0 unspecified atom stereocenters. The maximum atomic E-state index is 13.1. The monoisotopic (exact) mass is 529 g/mol. The predicted molar refractivity (Wildman–Crippen MR) is 150 cm³/mol. The van der Waals surface area contributed by atoms with Crippen LogP contribution in [0.2, 0.25) is 5.02 Å². The molecule has 2 heterocycles. The fourth-order valence-electron chi connectivity index (χ4n) is 4.28. The first kappa shape index (κ1) is 24.9. The first-order valence-corrected chi connectivity index (χ1v) is 13.1. The van der Waals surface area contributed by atoms with Crippen LogP contribution in [0.5, 0.6) is 0 Å². The van der Waals surface area contributed by atoms with E-state index in [1.165, 1.54) is 0 Å². The molecule has 1 aromatic heterocycles. The molecule has 6 nitrogen and oxygen atoms in total. The van der Waals surface area contributed by atoms with Gasteiger partial charge in [0.05, 0.1) is 4.91 Å². The number of benzene rings is 3. The average molecular weight is 530 g/mol. The zero-order chi connectivity index (χ0) is 25.9. The molecular formula is C29H24ClN3O3S. The smallest absolute Gasteiger partial charge is 0.294 e. The van der Waals surface area contributed by atoms with Gasteiger partial charge in [0.1, 0.15) is 6.54 Å². The Morgan fingerprint density at radius 3 is 2.49 bits per heavy atom. The lowest BCUT2D eigenvalue weighted by Gasteiger charge is -2.12. The predicted octanol–water partition coefficient (Wildman–Crippen LogP) is 6.58. The summed E-state index contributed by atoms with van der Waals surface area (Å²) in [6, 6.07) is 23.0. The van der Waals surface area contributed by atoms with Gasteiger partial charge >= 0.3 is 0 Å². The van der Waals surface area contributed by atoms with Gasteiger partial charge in [0.25, 0.3) is 11.1 Å². The fraction of sp³-hybridized carbons (Fsp3) is 0.138. The summed E-state index contributed by atoms with van der Waals surface area (Å²) in [7, 11) is 0. The molecular weight excluding hydrogens is 506 g/mol. The third-order valence-corrected chi connectivity index (χ3v) is 7.50. The number of amides is 3. The molecule has 0 atom stereocenters. The van der Waals surface area contributed by atoms with Crippen molar-refractivity contribution in [2.24, 2.45) is 0 Å². The second kappa shape index (κ2) is 10.7. The molecule has 186 valence electrons. The second-order valence-electron chi connectivity index (χ2n) is 8.69. The molecule has 3 aromatic carbocycles. The molecule has 1 fully saturated rings. The summed E-state index contributed by atoms with van der Waals surface area (Å²) in [5.41, 5.74) is 4.56. The van der Waals surface area contributed by atoms with Crippen LogP contribution in [0.25, 0.3) is 17.0 Å². The first-order chi connectivity index (χ1) is 17.9. The number of halogens is 1. The lowest BCUT2D eigenvalue weighted by Crippen LogP contribution is -2.36. The number of rotatable bonds is 7. The number of para-hydroxylation sites is 1. The molecule has 3 amide bonds. The molecule has 37 heavy (non-hydrogen) atoms. The topological polar surface area (TPSA) is 71.4 Å². The Morgan fingerprint density at radius 1 is 1.00 bits per heavy atom. The van der Waals surface area contributed by atoms with Crippen molar-refractivity contribution in [2.45, 2.75) is 19.9 Å². The first-order valence-electron chi connectivity index (χ1n) is 11.9. The SMILES string of the molecule is CCc1ccc(NC(=O)CN2C(=O)S/C(=C/c3cn(Cc4ccccc4Cl)c4ccccc34)C2=O)cc1. The number of imide groups is 1. The van der Waals surface area contributed by atoms with Crippen molar-refractivity contribution in [3.8, 4) is 0 Å². The van der Waals surface area contributed by atoms with Crippen LogP contribution in [0.15, 0.2) is 83.9 Å². The summed E-state index contributed by atoms with van der Waals surface area (Å²) in [6.45, 7) is 2.28. The lowest BCUT2D eigenvalue weighted by molar-refractivity contribution is -0.127. The van der Waals surface area contributed by atoms with Crippen LogP contribution >= 0.6 is 23.4 Å². The van der Waals surface area contributed by atoms with Crippen molar-refractivity contribution in [3.05, 3.63) is 106 Å². The summed E-state index contributed by atoms with van der Waals surface area (Å²) in [5.74, 6) is -0.904. The van der Waals surface area contributed by atoms with E-state index in [9.17, 15) is 14.4 Å². The van der Waals surface area contributed by atoms with Crippen molar-refractivity contribution in [2.75, 3.05) is 11.9 Å². The normalized spacial score (nSPS) is 14.6. The van der Waals surface area contributed by atoms with Gasteiger partial charge < -0.3 is 9.88 Å². The third kappa shape index (κ3) is 5.33. The van der Waals surface area contributed by atoms with E-state index in [1.54, 1.807) is 6.08 Å². The van der Waals surface area contributed by atoms with Crippen LogP contribution in [0.3, 0.4) is 0 Å². The standard InChI is InChI=1S/C29H24ClN3O3S/c1-2-19-11-13-22(14-12-19)31-27(34)18-33-28(35)26(37-29(33)36)15-21-17-32(25-10-6-4-8-23(21)25)16-20-7-3-5-9-24(20)30/h3-15,17H,2,16,18H2,1H3,(H,31,34)/b26-15+. The highest BCUT2D eigenvalue weighted by atomic mass is 35.5. The minimum absolute atomic E-state index is 0.283. The van der Waals surface area contributed by atoms with E-state index in [4.69, 9.17) is 11.6 Å². The molecule has 1 saturated heterocycles. The Bertz CT molecular complexity index is 1540. The van der Waals surface area contributed by atoms with Crippen molar-refractivity contribution in [1.29, 1.82) is 0 Å². The van der Waals surface area contributed by atoms with Crippen LogP contribution in [-0.4, -0.2) is 33.1 Å². The quantitative estimate of drug-likeness (QED) is 0.274. The number of hydrogen-bond donors (Lipinski definition) is 1. The maximum Gasteiger partial charge on any atom is 0.294 e. The second-order valence-corrected chi connectivity index (χ2v) is 10.1. The molecule has 1 aliphatic rings. The highest BCUT2D eigenvalue weighted by Crippen LogP contribution is 2.34. The molecule has 4 aromatic rings. The summed E-state index contributed by atoms with van der Waals surface area (Å²) in [5, 5.41) is 3.92. The molecule has 0 bridgehead atoms. The Hall–Kier alpha value is -3.81. The molecule has 1 N–H and O–H groups in total. The number of thioether (sulfide) groups is 1. The largest absolute Gasteiger partial charge is 0.342 e. The Kier molecular flexibility index (Phi) is 7.17. The summed E-state index contributed by atoms with van der Waals surface area (Å²) in [4.78, 5) is 39.5. The van der Waals surface area contributed by atoms with Crippen molar-refractivity contribution in [1.82, 2.24) is 9.47 Å². The van der Waals surface area contributed by atoms with E-state index >= 15 is 0 Å². The highest BCUT2D eigenvalue weighted by Gasteiger charge is 2.36. The van der Waals surface area contributed by atoms with Gasteiger partial charge in [0.2, 0.25) is 5.91 Å². The van der Waals surface area contributed by atoms with Crippen LogP contribution in [0.1, 0.15) is 23.6 Å². The van der Waals surface area contributed by atoms with Crippen molar-refractivity contribution in [3.63, 3.8) is 0 Å². The van der Waals surface area contributed by atoms with E-state index in [1.807, 2.05) is 79.0 Å². The minimum atomic E-state index is -0.477. The summed E-state index contributed by atoms with van der Waals surface area (Å²) < 4.78 is 2.07. The Labute approximate surface area is 223 Å². The zero-order valence-corrected chi connectivity index (χ0v) is 21.7. The Morgan fingerprint density at radius 2 is 1.73 bits per heavy atom.